The van der Waals surface area contributed by atoms with E-state index in [9.17, 15) is 13.6 Å². The van der Waals surface area contributed by atoms with Gasteiger partial charge in [-0.25, -0.2) is 0 Å². The van der Waals surface area contributed by atoms with Crippen LogP contribution in [0.25, 0.3) is 0 Å². The Kier molecular flexibility index (Phi) is 4.59. The second-order valence-electron chi connectivity index (χ2n) is 4.09. The van der Waals surface area contributed by atoms with Gasteiger partial charge in [0.05, 0.1) is 5.56 Å². The van der Waals surface area contributed by atoms with Gasteiger partial charge in [-0.05, 0) is 42.5 Å². The van der Waals surface area contributed by atoms with Crippen molar-refractivity contribution in [2.75, 3.05) is 11.1 Å². The van der Waals surface area contributed by atoms with Gasteiger partial charge < -0.3 is 15.8 Å². The second kappa shape index (κ2) is 6.41. The number of nitrogens with two attached hydrogens (primary N) is 1. The summed E-state index contributed by atoms with van der Waals surface area (Å²) in [4.78, 5) is 12.0. The van der Waals surface area contributed by atoms with Gasteiger partial charge in [0.1, 0.15) is 5.75 Å². The predicted octanol–water partition coefficient (Wildman–Crippen LogP) is 3.78. The zero-order chi connectivity index (χ0) is 15.4. The number of anilines is 2. The number of hydrogen-bond donors (Lipinski definition) is 2. The Bertz CT molecular complexity index is 648. The molecule has 0 saturated heterocycles. The molecule has 0 radical (unpaired) electrons. The summed E-state index contributed by atoms with van der Waals surface area (Å²) >= 11 is 5.81. The molecule has 110 valence electrons. The van der Waals surface area contributed by atoms with Crippen LogP contribution in [0, 0.1) is 0 Å². The smallest absolute Gasteiger partial charge is 0.387 e. The van der Waals surface area contributed by atoms with Crippen LogP contribution in [0.1, 0.15) is 10.4 Å². The molecule has 7 heteroatoms. The molecule has 1 amide bonds. The number of carbonyl (C=O) groups is 1. The summed E-state index contributed by atoms with van der Waals surface area (Å²) in [7, 11) is 0. The number of halogens is 3. The number of amides is 1. The normalized spacial score (nSPS) is 10.5. The first-order valence-corrected chi connectivity index (χ1v) is 6.25. The average Bonchev–Trinajstić information content (AvgIpc) is 2.43. The zero-order valence-electron chi connectivity index (χ0n) is 10.6. The summed E-state index contributed by atoms with van der Waals surface area (Å²) in [6.45, 7) is -2.89. The Morgan fingerprint density at radius 2 is 1.86 bits per heavy atom. The second-order valence-corrected chi connectivity index (χ2v) is 4.53. The number of alkyl halides is 2. The fraction of sp³-hybridized carbons (Fsp3) is 0.0714. The molecule has 0 unspecified atom stereocenters. The lowest BCUT2D eigenvalue weighted by Gasteiger charge is -2.09. The van der Waals surface area contributed by atoms with Gasteiger partial charge >= 0.3 is 6.61 Å². The summed E-state index contributed by atoms with van der Waals surface area (Å²) in [5, 5.41) is 2.97. The number of nitrogens with one attached hydrogen (secondary N) is 1. The Morgan fingerprint density at radius 1 is 1.19 bits per heavy atom. The standard InChI is InChI=1S/C14H11ClF2N2O2/c15-8-1-6-12(18)11(7-8)13(20)19-9-2-4-10(5-3-9)21-14(16)17/h1-7,14H,18H2,(H,19,20). The van der Waals surface area contributed by atoms with Crippen molar-refractivity contribution in [3.8, 4) is 5.75 Å². The van der Waals surface area contributed by atoms with Crippen molar-refractivity contribution in [3.05, 3.63) is 53.1 Å². The molecule has 2 rings (SSSR count). The van der Waals surface area contributed by atoms with Crippen molar-refractivity contribution in [1.29, 1.82) is 0 Å². The zero-order valence-corrected chi connectivity index (χ0v) is 11.4. The van der Waals surface area contributed by atoms with E-state index in [0.717, 1.165) is 0 Å². The van der Waals surface area contributed by atoms with Crippen molar-refractivity contribution in [1.82, 2.24) is 0 Å². The van der Waals surface area contributed by atoms with Crippen LogP contribution in [0.5, 0.6) is 5.75 Å². The Hall–Kier alpha value is -2.34. The van der Waals surface area contributed by atoms with E-state index in [-0.39, 0.29) is 17.0 Å². The molecule has 2 aromatic rings. The van der Waals surface area contributed by atoms with Gasteiger partial charge in [-0.15, -0.1) is 0 Å². The molecule has 2 aromatic carbocycles. The Balaban J connectivity index is 2.10. The highest BCUT2D eigenvalue weighted by atomic mass is 35.5. The Morgan fingerprint density at radius 3 is 2.48 bits per heavy atom. The van der Waals surface area contributed by atoms with Crippen LogP contribution in [0.15, 0.2) is 42.5 Å². The highest BCUT2D eigenvalue weighted by Crippen LogP contribution is 2.21. The van der Waals surface area contributed by atoms with E-state index in [2.05, 4.69) is 10.1 Å². The largest absolute Gasteiger partial charge is 0.435 e. The molecular weight excluding hydrogens is 302 g/mol. The van der Waals surface area contributed by atoms with Crippen LogP contribution in [0.2, 0.25) is 5.02 Å². The highest BCUT2D eigenvalue weighted by molar-refractivity contribution is 6.31. The molecule has 3 N–H and O–H groups in total. The van der Waals surface area contributed by atoms with Gasteiger partial charge in [0.2, 0.25) is 0 Å². The van der Waals surface area contributed by atoms with Crippen molar-refractivity contribution in [2.24, 2.45) is 0 Å². The van der Waals surface area contributed by atoms with Crippen LogP contribution >= 0.6 is 11.6 Å². The van der Waals surface area contributed by atoms with E-state index in [1.807, 2.05) is 0 Å². The highest BCUT2D eigenvalue weighted by Gasteiger charge is 2.11. The lowest BCUT2D eigenvalue weighted by molar-refractivity contribution is -0.0498. The minimum atomic E-state index is -2.89. The summed E-state index contributed by atoms with van der Waals surface area (Å²) in [6, 6.07) is 10.1. The molecule has 0 spiro atoms. The molecule has 21 heavy (non-hydrogen) atoms. The van der Waals surface area contributed by atoms with Crippen molar-refractivity contribution in [2.45, 2.75) is 6.61 Å². The molecule has 4 nitrogen and oxygen atoms in total. The van der Waals surface area contributed by atoms with Crippen molar-refractivity contribution < 1.29 is 18.3 Å². The number of hydrogen-bond acceptors (Lipinski definition) is 3. The molecule has 0 fully saturated rings. The van der Waals surface area contributed by atoms with Gasteiger partial charge in [-0.3, -0.25) is 4.79 Å². The third-order valence-corrected chi connectivity index (χ3v) is 2.83. The van der Waals surface area contributed by atoms with Gasteiger partial charge in [-0.2, -0.15) is 8.78 Å². The number of benzene rings is 2. The molecule has 0 bridgehead atoms. The average molecular weight is 313 g/mol. The lowest BCUT2D eigenvalue weighted by atomic mass is 10.1. The monoisotopic (exact) mass is 312 g/mol. The number of rotatable bonds is 4. The molecular formula is C14H11ClF2N2O2. The molecule has 0 atom stereocenters. The van der Waals surface area contributed by atoms with Gasteiger partial charge in [-0.1, -0.05) is 11.6 Å². The summed E-state index contributed by atoms with van der Waals surface area (Å²) in [5.41, 5.74) is 6.64. The molecule has 0 aliphatic heterocycles. The fourth-order valence-corrected chi connectivity index (χ4v) is 1.82. The van der Waals surface area contributed by atoms with Gasteiger partial charge in [0.25, 0.3) is 5.91 Å². The lowest BCUT2D eigenvalue weighted by Crippen LogP contribution is -2.14. The summed E-state index contributed by atoms with van der Waals surface area (Å²) < 4.78 is 28.2. The maximum Gasteiger partial charge on any atom is 0.387 e. The SMILES string of the molecule is Nc1ccc(Cl)cc1C(=O)Nc1ccc(OC(F)F)cc1. The summed E-state index contributed by atoms with van der Waals surface area (Å²) in [6.07, 6.45) is 0. The topological polar surface area (TPSA) is 64.4 Å². The quantitative estimate of drug-likeness (QED) is 0.845. The van der Waals surface area contributed by atoms with E-state index in [0.29, 0.717) is 10.7 Å². The third-order valence-electron chi connectivity index (χ3n) is 2.60. The minimum Gasteiger partial charge on any atom is -0.435 e. The molecule has 0 aliphatic rings. The molecule has 0 heterocycles. The van der Waals surface area contributed by atoms with E-state index < -0.39 is 12.5 Å². The molecule has 0 aromatic heterocycles. The minimum absolute atomic E-state index is 0.00488. The maximum atomic E-state index is 12.0. The number of carbonyl (C=O) groups excluding carboxylic acids is 1. The van der Waals surface area contributed by atoms with Crippen LogP contribution in [0.3, 0.4) is 0 Å². The van der Waals surface area contributed by atoms with Crippen LogP contribution in [-0.4, -0.2) is 12.5 Å². The summed E-state index contributed by atoms with van der Waals surface area (Å²) in [5.74, 6) is -0.442. The van der Waals surface area contributed by atoms with E-state index in [1.54, 1.807) is 6.07 Å². The van der Waals surface area contributed by atoms with E-state index >= 15 is 0 Å². The molecule has 0 saturated carbocycles. The van der Waals surface area contributed by atoms with Crippen LogP contribution in [-0.2, 0) is 0 Å². The fourth-order valence-electron chi connectivity index (χ4n) is 1.64. The first-order valence-electron chi connectivity index (χ1n) is 5.87. The number of nitrogen functional groups attached to an aromatic ring is 1. The third kappa shape index (κ3) is 4.06. The molecule has 0 aliphatic carbocycles. The first kappa shape index (κ1) is 15.1. The predicted molar refractivity (Wildman–Crippen MR) is 76.9 cm³/mol. The van der Waals surface area contributed by atoms with Gasteiger partial charge in [0, 0.05) is 16.4 Å². The van der Waals surface area contributed by atoms with Crippen molar-refractivity contribution in [3.63, 3.8) is 0 Å². The van der Waals surface area contributed by atoms with Crippen molar-refractivity contribution >= 4 is 28.9 Å². The number of ether oxygens (including phenoxy) is 1. The Labute approximate surface area is 124 Å². The van der Waals surface area contributed by atoms with E-state index in [1.165, 1.54) is 36.4 Å². The first-order chi connectivity index (χ1) is 9.95. The van der Waals surface area contributed by atoms with Crippen LogP contribution < -0.4 is 15.8 Å². The van der Waals surface area contributed by atoms with Gasteiger partial charge in [0.15, 0.2) is 0 Å². The maximum absolute atomic E-state index is 12.0. The van der Waals surface area contributed by atoms with E-state index in [4.69, 9.17) is 17.3 Å². The van der Waals surface area contributed by atoms with Crippen LogP contribution in [0.4, 0.5) is 20.2 Å².